The predicted octanol–water partition coefficient (Wildman–Crippen LogP) is 4.60. The van der Waals surface area contributed by atoms with E-state index < -0.39 is 11.9 Å². The van der Waals surface area contributed by atoms with Crippen molar-refractivity contribution in [1.29, 1.82) is 0 Å². The fourth-order valence-electron chi connectivity index (χ4n) is 3.31. The molecule has 0 aliphatic heterocycles. The summed E-state index contributed by atoms with van der Waals surface area (Å²) in [5.41, 5.74) is 0.647. The van der Waals surface area contributed by atoms with Gasteiger partial charge in [0.25, 0.3) is 0 Å². The number of rotatable bonds is 3. The molecule has 2 rings (SSSR count). The minimum absolute atomic E-state index is 0.132. The van der Waals surface area contributed by atoms with Crippen LogP contribution in [-0.2, 0) is 6.42 Å². The van der Waals surface area contributed by atoms with E-state index in [9.17, 15) is 9.50 Å². The average molecular weight is 285 g/mol. The van der Waals surface area contributed by atoms with E-state index in [1.807, 2.05) is 0 Å². The normalized spacial score (nSPS) is 24.2. The number of aliphatic hydroxyl groups excluding tert-OH is 1. The average Bonchev–Trinajstić information content (AvgIpc) is 2.34. The van der Waals surface area contributed by atoms with Gasteiger partial charge in [0.1, 0.15) is 5.82 Å². The molecule has 0 spiro atoms. The smallest absolute Gasteiger partial charge is 0.145 e. The van der Waals surface area contributed by atoms with Crippen molar-refractivity contribution in [3.05, 3.63) is 34.6 Å². The molecule has 2 atom stereocenters. The molecule has 106 valence electrons. The summed E-state index contributed by atoms with van der Waals surface area (Å²) in [6.45, 7) is 4.41. The Hall–Kier alpha value is -0.600. The van der Waals surface area contributed by atoms with Crippen molar-refractivity contribution in [2.45, 2.75) is 52.1 Å². The van der Waals surface area contributed by atoms with Crippen LogP contribution in [0.25, 0.3) is 0 Å². The Bertz CT molecular complexity index is 444. The zero-order valence-electron chi connectivity index (χ0n) is 11.6. The maximum absolute atomic E-state index is 13.9. The summed E-state index contributed by atoms with van der Waals surface area (Å²) in [5, 5.41) is 10.6. The molecular formula is C16H22ClFO. The van der Waals surface area contributed by atoms with E-state index in [1.54, 1.807) is 12.1 Å². The molecule has 0 amide bonds. The van der Waals surface area contributed by atoms with Gasteiger partial charge >= 0.3 is 0 Å². The summed E-state index contributed by atoms with van der Waals surface area (Å²) in [7, 11) is 0. The number of halogens is 2. The Morgan fingerprint density at radius 1 is 1.42 bits per heavy atom. The fourth-order valence-corrected chi connectivity index (χ4v) is 3.50. The molecule has 0 aromatic heterocycles. The van der Waals surface area contributed by atoms with Crippen LogP contribution in [0.5, 0.6) is 0 Å². The van der Waals surface area contributed by atoms with Crippen LogP contribution in [0.3, 0.4) is 0 Å². The number of hydrogen-bond acceptors (Lipinski definition) is 1. The van der Waals surface area contributed by atoms with Gasteiger partial charge in [0.15, 0.2) is 0 Å². The Balaban J connectivity index is 2.12. The first kappa shape index (κ1) is 14.8. The highest BCUT2D eigenvalue weighted by Crippen LogP contribution is 2.43. The maximum atomic E-state index is 13.9. The lowest BCUT2D eigenvalue weighted by atomic mass is 9.66. The molecular weight excluding hydrogens is 263 g/mol. The van der Waals surface area contributed by atoms with Crippen LogP contribution in [0.15, 0.2) is 18.2 Å². The molecule has 1 saturated carbocycles. The van der Waals surface area contributed by atoms with Gasteiger partial charge in [-0.15, -0.1) is 0 Å². The third-order valence-corrected chi connectivity index (χ3v) is 4.81. The van der Waals surface area contributed by atoms with E-state index in [0.717, 1.165) is 19.3 Å². The molecule has 3 heteroatoms. The molecule has 1 aromatic carbocycles. The van der Waals surface area contributed by atoms with Crippen molar-refractivity contribution in [2.75, 3.05) is 0 Å². The second-order valence-electron chi connectivity index (χ2n) is 6.33. The van der Waals surface area contributed by atoms with Crippen LogP contribution in [0, 0.1) is 17.2 Å². The summed E-state index contributed by atoms with van der Waals surface area (Å²) in [6, 6.07) is 4.98. The van der Waals surface area contributed by atoms with Crippen LogP contribution in [-0.4, -0.2) is 11.2 Å². The lowest BCUT2D eigenvalue weighted by Gasteiger charge is -2.41. The lowest BCUT2D eigenvalue weighted by molar-refractivity contribution is 0.00539. The molecule has 1 nitrogen and oxygen atoms in total. The highest BCUT2D eigenvalue weighted by atomic mass is 35.5. The van der Waals surface area contributed by atoms with Crippen molar-refractivity contribution >= 4 is 11.6 Å². The van der Waals surface area contributed by atoms with Crippen LogP contribution < -0.4 is 0 Å². The molecule has 0 saturated heterocycles. The van der Waals surface area contributed by atoms with Crippen LogP contribution in [0.1, 0.15) is 45.1 Å². The fraction of sp³-hybridized carbons (Fsp3) is 0.625. The molecule has 1 aliphatic carbocycles. The zero-order chi connectivity index (χ0) is 14.0. The topological polar surface area (TPSA) is 20.2 Å². The van der Waals surface area contributed by atoms with E-state index in [0.29, 0.717) is 12.0 Å². The SMILES string of the molecule is CC1(C)CCCCC1C(O)Cc1cccc(Cl)c1F. The van der Waals surface area contributed by atoms with Gasteiger partial charge in [-0.1, -0.05) is 50.4 Å². The van der Waals surface area contributed by atoms with Crippen molar-refractivity contribution < 1.29 is 9.50 Å². The molecule has 0 heterocycles. The molecule has 1 N–H and O–H groups in total. The summed E-state index contributed by atoms with van der Waals surface area (Å²) in [4.78, 5) is 0. The standard InChI is InChI=1S/C16H22ClFO/c1-16(2)9-4-3-7-12(16)14(19)10-11-6-5-8-13(17)15(11)18/h5-6,8,12,14,19H,3-4,7,9-10H2,1-2H3. The molecule has 1 fully saturated rings. The second-order valence-corrected chi connectivity index (χ2v) is 6.73. The third-order valence-electron chi connectivity index (χ3n) is 4.52. The van der Waals surface area contributed by atoms with Gasteiger partial charge in [0.05, 0.1) is 11.1 Å². The quantitative estimate of drug-likeness (QED) is 0.860. The van der Waals surface area contributed by atoms with Gasteiger partial charge in [0, 0.05) is 6.42 Å². The zero-order valence-corrected chi connectivity index (χ0v) is 12.4. The second kappa shape index (κ2) is 5.80. The highest BCUT2D eigenvalue weighted by molar-refractivity contribution is 6.30. The first-order valence-electron chi connectivity index (χ1n) is 7.03. The predicted molar refractivity (Wildman–Crippen MR) is 76.9 cm³/mol. The molecule has 1 aliphatic rings. The monoisotopic (exact) mass is 284 g/mol. The lowest BCUT2D eigenvalue weighted by Crippen LogP contribution is -2.38. The minimum atomic E-state index is -0.497. The molecule has 0 bridgehead atoms. The first-order chi connectivity index (χ1) is 8.92. The summed E-state index contributed by atoms with van der Waals surface area (Å²) >= 11 is 5.78. The van der Waals surface area contributed by atoms with Gasteiger partial charge < -0.3 is 5.11 Å². The Labute approximate surface area is 119 Å². The maximum Gasteiger partial charge on any atom is 0.145 e. The summed E-state index contributed by atoms with van der Waals surface area (Å²) < 4.78 is 13.9. The van der Waals surface area contributed by atoms with Crippen molar-refractivity contribution in [1.82, 2.24) is 0 Å². The van der Waals surface area contributed by atoms with Gasteiger partial charge in [0.2, 0.25) is 0 Å². The van der Waals surface area contributed by atoms with Crippen LogP contribution in [0.2, 0.25) is 5.02 Å². The van der Waals surface area contributed by atoms with Crippen molar-refractivity contribution in [2.24, 2.45) is 11.3 Å². The van der Waals surface area contributed by atoms with Crippen molar-refractivity contribution in [3.63, 3.8) is 0 Å². The van der Waals surface area contributed by atoms with E-state index in [1.165, 1.54) is 12.5 Å². The largest absolute Gasteiger partial charge is 0.392 e. The van der Waals surface area contributed by atoms with Gasteiger partial charge in [-0.05, 0) is 35.8 Å². The van der Waals surface area contributed by atoms with Crippen LogP contribution in [0.4, 0.5) is 4.39 Å². The highest BCUT2D eigenvalue weighted by Gasteiger charge is 2.36. The minimum Gasteiger partial charge on any atom is -0.392 e. The first-order valence-corrected chi connectivity index (χ1v) is 7.40. The third kappa shape index (κ3) is 3.29. The molecule has 2 unspecified atom stereocenters. The number of aliphatic hydroxyl groups is 1. The van der Waals surface area contributed by atoms with E-state index in [2.05, 4.69) is 13.8 Å². The number of benzene rings is 1. The molecule has 19 heavy (non-hydrogen) atoms. The van der Waals surface area contributed by atoms with Gasteiger partial charge in [-0.2, -0.15) is 0 Å². The van der Waals surface area contributed by atoms with E-state index in [4.69, 9.17) is 11.6 Å². The summed E-state index contributed by atoms with van der Waals surface area (Å²) in [6.07, 6.45) is 4.39. The van der Waals surface area contributed by atoms with Crippen molar-refractivity contribution in [3.8, 4) is 0 Å². The number of hydrogen-bond donors (Lipinski definition) is 1. The van der Waals surface area contributed by atoms with Gasteiger partial charge in [-0.3, -0.25) is 0 Å². The molecule has 1 aromatic rings. The molecule has 0 radical (unpaired) electrons. The van der Waals surface area contributed by atoms with E-state index in [-0.39, 0.29) is 16.4 Å². The van der Waals surface area contributed by atoms with Crippen LogP contribution >= 0.6 is 11.6 Å². The van der Waals surface area contributed by atoms with Gasteiger partial charge in [-0.25, -0.2) is 4.39 Å². The van der Waals surface area contributed by atoms with E-state index >= 15 is 0 Å². The summed E-state index contributed by atoms with van der Waals surface area (Å²) in [5.74, 6) is -0.156. The Kier molecular flexibility index (Phi) is 4.52. The Morgan fingerprint density at radius 3 is 2.84 bits per heavy atom. The Morgan fingerprint density at radius 2 is 2.16 bits per heavy atom.